The summed E-state index contributed by atoms with van der Waals surface area (Å²) >= 11 is 1.47. The van der Waals surface area contributed by atoms with E-state index in [1.807, 2.05) is 66.0 Å². The number of benzene rings is 3. The molecule has 7 nitrogen and oxygen atoms in total. The van der Waals surface area contributed by atoms with Crippen LogP contribution < -0.4 is 9.64 Å². The number of hydrogen-bond acceptors (Lipinski definition) is 5. The van der Waals surface area contributed by atoms with E-state index in [9.17, 15) is 19.5 Å². The molecule has 0 radical (unpaired) electrons. The molecule has 200 valence electrons. The first kappa shape index (κ1) is 27.6. The van der Waals surface area contributed by atoms with Crippen LogP contribution in [0.2, 0.25) is 0 Å². The summed E-state index contributed by atoms with van der Waals surface area (Å²) in [6, 6.07) is 25.7. The van der Waals surface area contributed by atoms with Crippen LogP contribution in [0.4, 0.5) is 5.00 Å². The number of para-hydroxylation sites is 1. The predicted octanol–water partition coefficient (Wildman–Crippen LogP) is 5.86. The summed E-state index contributed by atoms with van der Waals surface area (Å²) in [5.41, 5.74) is 3.05. The summed E-state index contributed by atoms with van der Waals surface area (Å²) in [5.74, 6) is -0.749. The van der Waals surface area contributed by atoms with Crippen LogP contribution in [0.1, 0.15) is 32.7 Å². The average Bonchev–Trinajstić information content (AvgIpc) is 3.51. The number of rotatable bonds is 11. The van der Waals surface area contributed by atoms with E-state index in [-0.39, 0.29) is 24.8 Å². The van der Waals surface area contributed by atoms with Crippen molar-refractivity contribution in [2.24, 2.45) is 0 Å². The zero-order valence-corrected chi connectivity index (χ0v) is 22.7. The van der Waals surface area contributed by atoms with Crippen molar-refractivity contribution in [2.45, 2.75) is 12.8 Å². The molecule has 0 aliphatic heterocycles. The molecule has 0 saturated carbocycles. The summed E-state index contributed by atoms with van der Waals surface area (Å²) < 4.78 is 5.45. The van der Waals surface area contributed by atoms with Crippen LogP contribution in [0.15, 0.2) is 90.3 Å². The van der Waals surface area contributed by atoms with Crippen molar-refractivity contribution < 1.29 is 24.2 Å². The molecule has 0 saturated heterocycles. The number of carbonyl (C=O) groups is 3. The highest BCUT2D eigenvalue weighted by molar-refractivity contribution is 7.14. The standard InChI is InChI=1S/C31H30N2O5S/c1-32(28-16-9-21-39-28)30(36)25-13-6-4-11-23(25)24-12-5-7-14-26(24)31(37)33(20-18-29(34)35)19-17-22-10-3-8-15-27(22)38-2/h3-16,21H,17-20H2,1-2H3,(H,34,35). The fourth-order valence-corrected chi connectivity index (χ4v) is 5.13. The van der Waals surface area contributed by atoms with Gasteiger partial charge in [0, 0.05) is 31.3 Å². The maximum atomic E-state index is 13.9. The quantitative estimate of drug-likeness (QED) is 0.257. The molecule has 0 aliphatic carbocycles. The Hall–Kier alpha value is -4.43. The Morgan fingerprint density at radius 3 is 2.03 bits per heavy atom. The summed E-state index contributed by atoms with van der Waals surface area (Å²) in [7, 11) is 3.32. The van der Waals surface area contributed by atoms with Gasteiger partial charge in [0.2, 0.25) is 0 Å². The Labute approximate surface area is 231 Å². The number of anilines is 1. The second-order valence-corrected chi connectivity index (χ2v) is 9.83. The van der Waals surface area contributed by atoms with Gasteiger partial charge in [0.05, 0.1) is 18.5 Å². The van der Waals surface area contributed by atoms with Gasteiger partial charge in [-0.2, -0.15) is 0 Å². The van der Waals surface area contributed by atoms with Gasteiger partial charge in [-0.3, -0.25) is 14.4 Å². The normalized spacial score (nSPS) is 10.6. The molecule has 2 amide bonds. The molecule has 0 atom stereocenters. The van der Waals surface area contributed by atoms with Gasteiger partial charge in [-0.05, 0) is 58.8 Å². The van der Waals surface area contributed by atoms with Crippen LogP contribution in [0.5, 0.6) is 5.75 Å². The molecule has 39 heavy (non-hydrogen) atoms. The molecule has 8 heteroatoms. The minimum absolute atomic E-state index is 0.0549. The molecule has 1 N–H and O–H groups in total. The largest absolute Gasteiger partial charge is 0.496 e. The van der Waals surface area contributed by atoms with Gasteiger partial charge in [-0.1, -0.05) is 54.6 Å². The number of methoxy groups -OCH3 is 1. The molecule has 0 fully saturated rings. The molecule has 3 aromatic carbocycles. The van der Waals surface area contributed by atoms with E-state index in [1.165, 1.54) is 11.3 Å². The molecule has 0 spiro atoms. The molecule has 1 aromatic heterocycles. The summed E-state index contributed by atoms with van der Waals surface area (Å²) in [6.45, 7) is 0.363. The monoisotopic (exact) mass is 542 g/mol. The van der Waals surface area contributed by atoms with Crippen LogP contribution in [0, 0.1) is 0 Å². The summed E-state index contributed by atoms with van der Waals surface area (Å²) in [5, 5.41) is 12.1. The first-order valence-corrected chi connectivity index (χ1v) is 13.4. The number of ether oxygens (including phenoxy) is 1. The SMILES string of the molecule is COc1ccccc1CCN(CCC(=O)O)C(=O)c1ccccc1-c1ccccc1C(=O)N(C)c1cccs1. The highest BCUT2D eigenvalue weighted by atomic mass is 32.1. The summed E-state index contributed by atoms with van der Waals surface area (Å²) in [6.07, 6.45) is 0.318. The van der Waals surface area contributed by atoms with Crippen LogP contribution in [0.25, 0.3) is 11.1 Å². The summed E-state index contributed by atoms with van der Waals surface area (Å²) in [4.78, 5) is 42.0. The zero-order valence-electron chi connectivity index (χ0n) is 21.9. The van der Waals surface area contributed by atoms with E-state index in [1.54, 1.807) is 48.2 Å². The lowest BCUT2D eigenvalue weighted by Crippen LogP contribution is -2.35. The topological polar surface area (TPSA) is 87.1 Å². The molecule has 4 aromatic rings. The van der Waals surface area contributed by atoms with Crippen molar-refractivity contribution >= 4 is 34.1 Å². The molecule has 0 unspecified atom stereocenters. The van der Waals surface area contributed by atoms with Crippen molar-refractivity contribution in [3.63, 3.8) is 0 Å². The fourth-order valence-electron chi connectivity index (χ4n) is 4.43. The van der Waals surface area contributed by atoms with Gasteiger partial charge in [-0.15, -0.1) is 11.3 Å². The van der Waals surface area contributed by atoms with Crippen molar-refractivity contribution in [3.8, 4) is 16.9 Å². The first-order valence-electron chi connectivity index (χ1n) is 12.5. The molecule has 4 rings (SSSR count). The number of amides is 2. The maximum Gasteiger partial charge on any atom is 0.305 e. The number of carboxylic acids is 1. The first-order chi connectivity index (χ1) is 18.9. The zero-order chi connectivity index (χ0) is 27.8. The number of thiophene rings is 1. The van der Waals surface area contributed by atoms with Crippen molar-refractivity contribution in [1.29, 1.82) is 0 Å². The van der Waals surface area contributed by atoms with Crippen LogP contribution >= 0.6 is 11.3 Å². The maximum absolute atomic E-state index is 13.9. The van der Waals surface area contributed by atoms with E-state index in [0.29, 0.717) is 41.0 Å². The Kier molecular flexibility index (Phi) is 9.12. The minimum Gasteiger partial charge on any atom is -0.496 e. The lowest BCUT2D eigenvalue weighted by molar-refractivity contribution is -0.137. The van der Waals surface area contributed by atoms with E-state index >= 15 is 0 Å². The third kappa shape index (κ3) is 6.53. The smallest absolute Gasteiger partial charge is 0.305 e. The average molecular weight is 543 g/mol. The van der Waals surface area contributed by atoms with Crippen LogP contribution in [-0.2, 0) is 11.2 Å². The van der Waals surface area contributed by atoms with Gasteiger partial charge in [0.1, 0.15) is 5.75 Å². The van der Waals surface area contributed by atoms with Crippen LogP contribution in [-0.4, -0.2) is 55.0 Å². The third-order valence-electron chi connectivity index (χ3n) is 6.47. The van der Waals surface area contributed by atoms with E-state index < -0.39 is 5.97 Å². The minimum atomic E-state index is -0.981. The van der Waals surface area contributed by atoms with Gasteiger partial charge < -0.3 is 19.6 Å². The molecular weight excluding hydrogens is 512 g/mol. The van der Waals surface area contributed by atoms with E-state index in [2.05, 4.69) is 0 Å². The van der Waals surface area contributed by atoms with Crippen LogP contribution in [0.3, 0.4) is 0 Å². The Morgan fingerprint density at radius 1 is 0.795 bits per heavy atom. The molecule has 0 bridgehead atoms. The molecular formula is C31H30N2O5S. The second kappa shape index (κ2) is 12.9. The fraction of sp³-hybridized carbons (Fsp3) is 0.194. The molecule has 0 aliphatic rings. The third-order valence-corrected chi connectivity index (χ3v) is 7.42. The van der Waals surface area contributed by atoms with Crippen molar-refractivity contribution in [1.82, 2.24) is 4.90 Å². The molecule has 1 heterocycles. The van der Waals surface area contributed by atoms with Crippen molar-refractivity contribution in [3.05, 3.63) is 107 Å². The Balaban J connectivity index is 1.68. The van der Waals surface area contributed by atoms with Gasteiger partial charge in [0.15, 0.2) is 0 Å². The number of carboxylic acid groups (broad SMARTS) is 1. The van der Waals surface area contributed by atoms with Gasteiger partial charge in [0.25, 0.3) is 11.8 Å². The number of aliphatic carboxylic acids is 1. The highest BCUT2D eigenvalue weighted by Crippen LogP contribution is 2.31. The van der Waals surface area contributed by atoms with E-state index in [0.717, 1.165) is 10.6 Å². The van der Waals surface area contributed by atoms with E-state index in [4.69, 9.17) is 4.74 Å². The Bertz CT molecular complexity index is 1450. The van der Waals surface area contributed by atoms with Gasteiger partial charge >= 0.3 is 5.97 Å². The Morgan fingerprint density at radius 2 is 1.41 bits per heavy atom. The second-order valence-electron chi connectivity index (χ2n) is 8.90. The highest BCUT2D eigenvalue weighted by Gasteiger charge is 2.24. The van der Waals surface area contributed by atoms with Gasteiger partial charge in [-0.25, -0.2) is 0 Å². The number of nitrogens with zero attached hydrogens (tertiary/aromatic N) is 2. The number of carbonyl (C=O) groups excluding carboxylic acids is 2. The predicted molar refractivity (Wildman–Crippen MR) is 154 cm³/mol. The number of hydrogen-bond donors (Lipinski definition) is 1. The lowest BCUT2D eigenvalue weighted by Gasteiger charge is -2.24. The van der Waals surface area contributed by atoms with Crippen molar-refractivity contribution in [2.75, 3.05) is 32.1 Å². The lowest BCUT2D eigenvalue weighted by atomic mass is 9.94.